The van der Waals surface area contributed by atoms with Gasteiger partial charge in [0.1, 0.15) is 0 Å². The lowest BCUT2D eigenvalue weighted by Crippen LogP contribution is -2.53. The molecule has 0 bridgehead atoms. The normalized spacial score (nSPS) is 30.4. The van der Waals surface area contributed by atoms with Crippen molar-refractivity contribution in [2.75, 3.05) is 19.6 Å². The van der Waals surface area contributed by atoms with E-state index in [9.17, 15) is 0 Å². The molecule has 0 amide bonds. The molecular formula is C19H28N2. The molecule has 1 aromatic rings. The zero-order valence-electron chi connectivity index (χ0n) is 13.2. The third-order valence-electron chi connectivity index (χ3n) is 5.04. The van der Waals surface area contributed by atoms with Crippen molar-refractivity contribution in [2.45, 2.75) is 44.7 Å². The summed E-state index contributed by atoms with van der Waals surface area (Å²) in [4.78, 5) is 2.74. The molecule has 1 fully saturated rings. The summed E-state index contributed by atoms with van der Waals surface area (Å²) in [5.41, 5.74) is 1.46. The van der Waals surface area contributed by atoms with Crippen LogP contribution in [0.3, 0.4) is 0 Å². The Hall–Kier alpha value is -1.12. The quantitative estimate of drug-likeness (QED) is 0.847. The molecule has 1 aliphatic carbocycles. The third-order valence-corrected chi connectivity index (χ3v) is 5.04. The van der Waals surface area contributed by atoms with Gasteiger partial charge in [-0.1, -0.05) is 49.4 Å². The van der Waals surface area contributed by atoms with Gasteiger partial charge in [-0.3, -0.25) is 4.90 Å². The van der Waals surface area contributed by atoms with Crippen molar-refractivity contribution >= 4 is 0 Å². The highest BCUT2D eigenvalue weighted by Crippen LogP contribution is 2.28. The molecule has 1 aromatic carbocycles. The summed E-state index contributed by atoms with van der Waals surface area (Å²) in [6, 6.07) is 12.2. The smallest absolute Gasteiger partial charge is 0.0473 e. The van der Waals surface area contributed by atoms with E-state index in [4.69, 9.17) is 0 Å². The number of nitrogens with zero attached hydrogens (tertiary/aromatic N) is 1. The largest absolute Gasteiger partial charge is 0.311 e. The van der Waals surface area contributed by atoms with Crippen LogP contribution in [0.25, 0.3) is 0 Å². The van der Waals surface area contributed by atoms with Gasteiger partial charge in [0.25, 0.3) is 0 Å². The fourth-order valence-corrected chi connectivity index (χ4v) is 3.72. The van der Waals surface area contributed by atoms with Gasteiger partial charge in [0.15, 0.2) is 0 Å². The molecule has 0 aromatic heterocycles. The predicted octanol–water partition coefficient (Wildman–Crippen LogP) is 3.77. The van der Waals surface area contributed by atoms with Crippen molar-refractivity contribution in [3.63, 3.8) is 0 Å². The number of benzene rings is 1. The monoisotopic (exact) mass is 284 g/mol. The molecule has 3 atom stereocenters. The molecule has 0 spiro atoms. The second kappa shape index (κ2) is 7.24. The minimum Gasteiger partial charge on any atom is -0.311 e. The lowest BCUT2D eigenvalue weighted by molar-refractivity contribution is 0.105. The van der Waals surface area contributed by atoms with E-state index in [1.807, 2.05) is 0 Å². The summed E-state index contributed by atoms with van der Waals surface area (Å²) in [7, 11) is 0. The van der Waals surface area contributed by atoms with E-state index < -0.39 is 0 Å². The number of rotatable bonds is 4. The highest BCUT2D eigenvalue weighted by atomic mass is 15.2. The summed E-state index contributed by atoms with van der Waals surface area (Å²) in [5.74, 6) is 0.844. The first-order chi connectivity index (χ1) is 10.4. The average Bonchev–Trinajstić information content (AvgIpc) is 2.56. The molecule has 2 aliphatic rings. The van der Waals surface area contributed by atoms with Gasteiger partial charge in [0.2, 0.25) is 0 Å². The van der Waals surface area contributed by atoms with Gasteiger partial charge in [-0.15, -0.1) is 0 Å². The summed E-state index contributed by atoms with van der Waals surface area (Å²) in [5, 5.41) is 3.73. The first-order valence-corrected chi connectivity index (χ1v) is 8.54. The van der Waals surface area contributed by atoms with Crippen molar-refractivity contribution in [1.82, 2.24) is 10.2 Å². The van der Waals surface area contributed by atoms with Crippen molar-refractivity contribution in [3.8, 4) is 0 Å². The third kappa shape index (κ3) is 3.75. The van der Waals surface area contributed by atoms with Crippen molar-refractivity contribution in [1.29, 1.82) is 0 Å². The number of hydrogen-bond donors (Lipinski definition) is 1. The Kier molecular flexibility index (Phi) is 5.10. The van der Waals surface area contributed by atoms with Crippen LogP contribution in [0.15, 0.2) is 42.5 Å². The number of hydrogen-bond acceptors (Lipinski definition) is 2. The minimum absolute atomic E-state index is 0.542. The van der Waals surface area contributed by atoms with E-state index in [1.54, 1.807) is 0 Å². The van der Waals surface area contributed by atoms with Crippen molar-refractivity contribution in [2.24, 2.45) is 5.92 Å². The van der Waals surface area contributed by atoms with Crippen LogP contribution >= 0.6 is 0 Å². The van der Waals surface area contributed by atoms with E-state index in [1.165, 1.54) is 44.3 Å². The molecule has 3 rings (SSSR count). The van der Waals surface area contributed by atoms with Gasteiger partial charge < -0.3 is 5.32 Å². The van der Waals surface area contributed by atoms with E-state index in [0.29, 0.717) is 12.1 Å². The fourth-order valence-electron chi connectivity index (χ4n) is 3.72. The summed E-state index contributed by atoms with van der Waals surface area (Å²) in [6.45, 7) is 5.82. The highest BCUT2D eigenvalue weighted by molar-refractivity contribution is 5.20. The molecule has 2 heteroatoms. The van der Waals surface area contributed by atoms with Crippen LogP contribution in [0.1, 0.15) is 44.2 Å². The molecule has 1 heterocycles. The topological polar surface area (TPSA) is 15.3 Å². The van der Waals surface area contributed by atoms with Crippen LogP contribution in [-0.4, -0.2) is 30.6 Å². The van der Waals surface area contributed by atoms with Gasteiger partial charge in [0, 0.05) is 31.7 Å². The summed E-state index contributed by atoms with van der Waals surface area (Å²) < 4.78 is 0. The number of allylic oxidation sites excluding steroid dienone is 2. The predicted molar refractivity (Wildman–Crippen MR) is 89.3 cm³/mol. The Morgan fingerprint density at radius 1 is 1.19 bits per heavy atom. The van der Waals surface area contributed by atoms with Gasteiger partial charge in [-0.25, -0.2) is 0 Å². The molecular weight excluding hydrogens is 256 g/mol. The molecule has 0 saturated carbocycles. The lowest BCUT2D eigenvalue weighted by Gasteiger charge is -2.42. The maximum atomic E-state index is 3.73. The minimum atomic E-state index is 0.542. The number of piperazine rings is 1. The van der Waals surface area contributed by atoms with Crippen LogP contribution in [0.2, 0.25) is 0 Å². The maximum Gasteiger partial charge on any atom is 0.0473 e. The Morgan fingerprint density at radius 2 is 2.05 bits per heavy atom. The first-order valence-electron chi connectivity index (χ1n) is 8.54. The SMILES string of the molecule is CCC1CN(CC2CC=CCC2)C(c2ccccc2)CN1. The molecule has 1 N–H and O–H groups in total. The zero-order valence-corrected chi connectivity index (χ0v) is 13.2. The second-order valence-corrected chi connectivity index (χ2v) is 6.54. The van der Waals surface area contributed by atoms with Crippen LogP contribution in [-0.2, 0) is 0 Å². The van der Waals surface area contributed by atoms with Gasteiger partial charge in [-0.2, -0.15) is 0 Å². The second-order valence-electron chi connectivity index (χ2n) is 6.54. The molecule has 1 saturated heterocycles. The molecule has 114 valence electrons. The van der Waals surface area contributed by atoms with Crippen LogP contribution in [0, 0.1) is 5.92 Å². The molecule has 0 radical (unpaired) electrons. The van der Waals surface area contributed by atoms with E-state index in [0.717, 1.165) is 12.5 Å². The highest BCUT2D eigenvalue weighted by Gasteiger charge is 2.29. The van der Waals surface area contributed by atoms with E-state index >= 15 is 0 Å². The van der Waals surface area contributed by atoms with Crippen LogP contribution in [0.4, 0.5) is 0 Å². The van der Waals surface area contributed by atoms with Crippen LogP contribution in [0.5, 0.6) is 0 Å². The van der Waals surface area contributed by atoms with Gasteiger partial charge in [-0.05, 0) is 37.2 Å². The molecule has 2 nitrogen and oxygen atoms in total. The van der Waals surface area contributed by atoms with E-state index in [-0.39, 0.29) is 0 Å². The molecule has 21 heavy (non-hydrogen) atoms. The Morgan fingerprint density at radius 3 is 2.76 bits per heavy atom. The van der Waals surface area contributed by atoms with Gasteiger partial charge in [0.05, 0.1) is 0 Å². The number of nitrogens with one attached hydrogen (secondary N) is 1. The maximum absolute atomic E-state index is 3.73. The zero-order chi connectivity index (χ0) is 14.5. The van der Waals surface area contributed by atoms with Crippen molar-refractivity contribution in [3.05, 3.63) is 48.0 Å². The Bertz CT molecular complexity index is 454. The van der Waals surface area contributed by atoms with Crippen LogP contribution < -0.4 is 5.32 Å². The lowest BCUT2D eigenvalue weighted by atomic mass is 9.91. The average molecular weight is 284 g/mol. The standard InChI is InChI=1S/C19H28N2/c1-2-18-15-21(14-16-9-5-3-6-10-16)19(13-20-18)17-11-7-4-8-12-17/h3-5,7-8,11-12,16,18-20H,2,6,9-10,13-15H2,1H3. The fraction of sp³-hybridized carbons (Fsp3) is 0.579. The molecule has 3 unspecified atom stereocenters. The van der Waals surface area contributed by atoms with Crippen molar-refractivity contribution < 1.29 is 0 Å². The molecule has 1 aliphatic heterocycles. The Balaban J connectivity index is 1.72. The van der Waals surface area contributed by atoms with Gasteiger partial charge >= 0.3 is 0 Å². The van der Waals surface area contributed by atoms with E-state index in [2.05, 4.69) is 59.6 Å². The summed E-state index contributed by atoms with van der Waals surface area (Å²) in [6.07, 6.45) is 9.84. The summed E-state index contributed by atoms with van der Waals surface area (Å²) >= 11 is 0. The Labute approximate surface area is 129 Å². The first kappa shape index (κ1) is 14.8.